The number of methoxy groups -OCH3 is 2. The van der Waals surface area contributed by atoms with Crippen LogP contribution in [0.1, 0.15) is 24.3 Å². The van der Waals surface area contributed by atoms with Crippen molar-refractivity contribution in [3.63, 3.8) is 0 Å². The van der Waals surface area contributed by atoms with Crippen LogP contribution in [0.2, 0.25) is 0 Å². The molecule has 1 amide bonds. The van der Waals surface area contributed by atoms with Crippen LogP contribution < -0.4 is 9.47 Å². The number of benzene rings is 2. The maximum Gasteiger partial charge on any atom is 0.222 e. The van der Waals surface area contributed by atoms with E-state index in [9.17, 15) is 9.18 Å². The van der Waals surface area contributed by atoms with E-state index in [1.807, 2.05) is 24.3 Å². The van der Waals surface area contributed by atoms with Crippen molar-refractivity contribution in [2.24, 2.45) is 0 Å². The van der Waals surface area contributed by atoms with Gasteiger partial charge in [-0.25, -0.2) is 9.37 Å². The lowest BCUT2D eigenvalue weighted by Gasteiger charge is -2.19. The highest BCUT2D eigenvalue weighted by Crippen LogP contribution is 2.24. The van der Waals surface area contributed by atoms with Gasteiger partial charge in [-0.05, 0) is 48.9 Å². The van der Waals surface area contributed by atoms with Crippen molar-refractivity contribution in [1.82, 2.24) is 9.88 Å². The highest BCUT2D eigenvalue weighted by Gasteiger charge is 2.14. The van der Waals surface area contributed by atoms with Gasteiger partial charge in [0.2, 0.25) is 5.91 Å². The fourth-order valence-electron chi connectivity index (χ4n) is 3.11. The monoisotopic (exact) mass is 412 g/mol. The third-order valence-electron chi connectivity index (χ3n) is 4.79. The molecule has 0 radical (unpaired) electrons. The van der Waals surface area contributed by atoms with Crippen LogP contribution in [0, 0.1) is 5.82 Å². The van der Waals surface area contributed by atoms with Gasteiger partial charge in [-0.3, -0.25) is 4.79 Å². The molecule has 158 valence electrons. The van der Waals surface area contributed by atoms with Crippen LogP contribution in [0.15, 0.2) is 53.1 Å². The molecule has 3 aromatic rings. The van der Waals surface area contributed by atoms with Crippen LogP contribution in [0.5, 0.6) is 11.5 Å². The fourth-order valence-corrected chi connectivity index (χ4v) is 3.11. The number of aromatic nitrogens is 1. The number of rotatable bonds is 9. The van der Waals surface area contributed by atoms with Gasteiger partial charge in [0.1, 0.15) is 17.3 Å². The number of amides is 1. The van der Waals surface area contributed by atoms with Crippen LogP contribution in [0.25, 0.3) is 11.3 Å². The van der Waals surface area contributed by atoms with Crippen molar-refractivity contribution in [3.05, 3.63) is 65.9 Å². The van der Waals surface area contributed by atoms with Crippen molar-refractivity contribution >= 4 is 5.91 Å². The van der Waals surface area contributed by atoms with E-state index in [0.29, 0.717) is 42.2 Å². The summed E-state index contributed by atoms with van der Waals surface area (Å²) < 4.78 is 29.7. The largest absolute Gasteiger partial charge is 0.497 e. The van der Waals surface area contributed by atoms with Gasteiger partial charge in [0.05, 0.1) is 20.4 Å². The van der Waals surface area contributed by atoms with Gasteiger partial charge in [-0.15, -0.1) is 0 Å². The second-order valence-corrected chi connectivity index (χ2v) is 6.91. The van der Waals surface area contributed by atoms with Crippen molar-refractivity contribution in [1.29, 1.82) is 0 Å². The van der Waals surface area contributed by atoms with Gasteiger partial charge in [-0.2, -0.15) is 0 Å². The molecule has 0 aliphatic heterocycles. The van der Waals surface area contributed by atoms with E-state index in [0.717, 1.165) is 11.3 Å². The highest BCUT2D eigenvalue weighted by atomic mass is 19.1. The Hall–Kier alpha value is -3.35. The molecule has 0 N–H and O–H groups in total. The summed E-state index contributed by atoms with van der Waals surface area (Å²) >= 11 is 0. The predicted octanol–water partition coefficient (Wildman–Crippen LogP) is 4.48. The Morgan fingerprint density at radius 3 is 2.60 bits per heavy atom. The van der Waals surface area contributed by atoms with Gasteiger partial charge in [0.25, 0.3) is 0 Å². The molecule has 0 saturated heterocycles. The van der Waals surface area contributed by atoms with E-state index in [1.54, 1.807) is 31.3 Å². The number of carbonyl (C=O) groups excluding carboxylic acids is 1. The summed E-state index contributed by atoms with van der Waals surface area (Å²) in [6.07, 6.45) is 3.18. The lowest BCUT2D eigenvalue weighted by molar-refractivity contribution is -0.130. The quantitative estimate of drug-likeness (QED) is 0.519. The van der Waals surface area contributed by atoms with Crippen LogP contribution in [-0.2, 0) is 17.8 Å². The van der Waals surface area contributed by atoms with Crippen molar-refractivity contribution in [3.8, 4) is 22.8 Å². The van der Waals surface area contributed by atoms with Gasteiger partial charge in [0, 0.05) is 37.6 Å². The molecule has 0 spiro atoms. The molecule has 6 nitrogen and oxygen atoms in total. The van der Waals surface area contributed by atoms with E-state index < -0.39 is 0 Å². The van der Waals surface area contributed by atoms with E-state index in [1.165, 1.54) is 19.2 Å². The summed E-state index contributed by atoms with van der Waals surface area (Å²) in [5, 5.41) is 0. The average molecular weight is 412 g/mol. The molecule has 0 unspecified atom stereocenters. The Balaban J connectivity index is 1.51. The molecule has 30 heavy (non-hydrogen) atoms. The van der Waals surface area contributed by atoms with Crippen molar-refractivity contribution in [2.45, 2.75) is 25.8 Å². The standard InChI is InChI=1S/C23H25FN2O4/c1-26(15-17-13-18(24)9-12-20(17)29-3)23(27)6-4-5-22-25-14-21(30-22)16-7-10-19(28-2)11-8-16/h7-14H,4-6,15H2,1-3H3. The minimum absolute atomic E-state index is 0.0387. The number of hydrogen-bond donors (Lipinski definition) is 0. The number of ether oxygens (including phenoxy) is 2. The molecule has 0 atom stereocenters. The van der Waals surface area contributed by atoms with Crippen LogP contribution >= 0.6 is 0 Å². The summed E-state index contributed by atoms with van der Waals surface area (Å²) in [5.41, 5.74) is 1.54. The normalized spacial score (nSPS) is 10.7. The average Bonchev–Trinajstić information content (AvgIpc) is 3.22. The first-order chi connectivity index (χ1) is 14.5. The topological polar surface area (TPSA) is 64.8 Å². The zero-order valence-electron chi connectivity index (χ0n) is 17.4. The van der Waals surface area contributed by atoms with Gasteiger partial charge < -0.3 is 18.8 Å². The molecular weight excluding hydrogens is 387 g/mol. The fraction of sp³-hybridized carbons (Fsp3) is 0.304. The number of nitrogens with zero attached hydrogens (tertiary/aromatic N) is 2. The molecule has 2 aromatic carbocycles. The van der Waals surface area contributed by atoms with Gasteiger partial charge >= 0.3 is 0 Å². The first-order valence-electron chi connectivity index (χ1n) is 9.65. The Morgan fingerprint density at radius 1 is 1.13 bits per heavy atom. The third kappa shape index (κ3) is 5.37. The summed E-state index contributed by atoms with van der Waals surface area (Å²) in [4.78, 5) is 18.3. The molecule has 0 aliphatic rings. The van der Waals surface area contributed by atoms with Crippen molar-refractivity contribution < 1.29 is 23.1 Å². The van der Waals surface area contributed by atoms with Gasteiger partial charge in [-0.1, -0.05) is 0 Å². The molecule has 0 aliphatic carbocycles. The first-order valence-corrected chi connectivity index (χ1v) is 9.65. The molecule has 1 heterocycles. The number of aryl methyl sites for hydroxylation is 1. The molecule has 7 heteroatoms. The second kappa shape index (κ2) is 9.91. The number of hydrogen-bond acceptors (Lipinski definition) is 5. The van der Waals surface area contributed by atoms with E-state index >= 15 is 0 Å². The molecule has 1 aromatic heterocycles. The predicted molar refractivity (Wildman–Crippen MR) is 111 cm³/mol. The smallest absolute Gasteiger partial charge is 0.222 e. The molecule has 3 rings (SSSR count). The lowest BCUT2D eigenvalue weighted by atomic mass is 10.1. The van der Waals surface area contributed by atoms with Gasteiger partial charge in [0.15, 0.2) is 11.7 Å². The van der Waals surface area contributed by atoms with Crippen molar-refractivity contribution in [2.75, 3.05) is 21.3 Å². The summed E-state index contributed by atoms with van der Waals surface area (Å²) in [5.74, 6) is 2.20. The zero-order valence-corrected chi connectivity index (χ0v) is 17.4. The van der Waals surface area contributed by atoms with Crippen LogP contribution in [-0.4, -0.2) is 37.1 Å². The molecule has 0 fully saturated rings. The summed E-state index contributed by atoms with van der Waals surface area (Å²) in [6.45, 7) is 0.278. The van der Waals surface area contributed by atoms with E-state index in [-0.39, 0.29) is 18.3 Å². The van der Waals surface area contributed by atoms with Crippen LogP contribution in [0.3, 0.4) is 0 Å². The maximum atomic E-state index is 13.5. The Bertz CT molecular complexity index is 985. The summed E-state index contributed by atoms with van der Waals surface area (Å²) in [6, 6.07) is 11.8. The first kappa shape index (κ1) is 21.4. The highest BCUT2D eigenvalue weighted by molar-refractivity contribution is 5.75. The Labute approximate surface area is 175 Å². The minimum atomic E-state index is -0.358. The number of oxazole rings is 1. The maximum absolute atomic E-state index is 13.5. The molecule has 0 bridgehead atoms. The van der Waals surface area contributed by atoms with Crippen LogP contribution in [0.4, 0.5) is 4.39 Å². The molecule has 0 saturated carbocycles. The Kier molecular flexibility index (Phi) is 7.06. The third-order valence-corrected chi connectivity index (χ3v) is 4.79. The lowest BCUT2D eigenvalue weighted by Crippen LogP contribution is -2.26. The minimum Gasteiger partial charge on any atom is -0.497 e. The zero-order chi connectivity index (χ0) is 21.5. The SMILES string of the molecule is COc1ccc(-c2cnc(CCCC(=O)N(C)Cc3cc(F)ccc3OC)o2)cc1. The summed E-state index contributed by atoms with van der Waals surface area (Å²) in [7, 11) is 4.84. The van der Waals surface area contributed by atoms with E-state index in [2.05, 4.69) is 4.98 Å². The second-order valence-electron chi connectivity index (χ2n) is 6.91. The Morgan fingerprint density at radius 2 is 1.90 bits per heavy atom. The molecular formula is C23H25FN2O4. The number of carbonyl (C=O) groups is 1. The van der Waals surface area contributed by atoms with E-state index in [4.69, 9.17) is 13.9 Å². The number of halogens is 1.